The number of hydrogen-bond donors (Lipinski definition) is 11. The summed E-state index contributed by atoms with van der Waals surface area (Å²) in [6.45, 7) is 84.8. The summed E-state index contributed by atoms with van der Waals surface area (Å²) >= 11 is 10.0. The maximum absolute atomic E-state index is 11.8. The molecule has 32 heteroatoms. The van der Waals surface area contributed by atoms with Crippen molar-refractivity contribution in [1.82, 2.24) is 31.1 Å². The number of thiocarbonyl (C=S) groups is 2. The molecule has 1 unspecified atom stereocenters. The molecule has 1 atom stereocenters. The third-order valence-electron chi connectivity index (χ3n) is 24.9. The van der Waals surface area contributed by atoms with Gasteiger partial charge < -0.3 is 97.1 Å². The molecule has 3 aliphatic rings. The zero-order valence-corrected chi connectivity index (χ0v) is 98.9. The SMILES string of the molecule is CC(C)(C)CCCNc1c(N2CCCCC2)c(=O)c1=O.CC(C)(C)CCCNc1c(N2CCOCC2)c(=O)c1=O.CC(CCO)C(C)(C)C.CCN(CC)c1c(NCCCC(C)(C)C)c(=O)c1=O.CCNc1c(NCCCC(C)(C)C)c(=O)c1=O.CN(C)C(=S)NCCCC(C)(C)C.CN1CCN(c2c(NCCCC(C)(C)C)c(=O)c2=O)CC1.CNC(=S)NCCCC(C)(C)C.COCC(=O)NCCCC(C)(C)C. The zero-order chi connectivity index (χ0) is 111. The van der Waals surface area contributed by atoms with Crippen LogP contribution in [-0.4, -0.2) is 217 Å². The Morgan fingerprint density at radius 1 is 0.389 bits per heavy atom. The topological polar surface area (TPSA) is 366 Å². The molecule has 830 valence electrons. The summed E-state index contributed by atoms with van der Waals surface area (Å²) < 4.78 is 9.96. The third-order valence-corrected chi connectivity index (χ3v) is 25.7. The van der Waals surface area contributed by atoms with Crippen LogP contribution < -0.4 is 127 Å². The number of likely N-dealkylation sites (N-methyl/N-ethyl adjacent to an activating group) is 1. The van der Waals surface area contributed by atoms with Gasteiger partial charge in [0.2, 0.25) is 5.91 Å². The maximum atomic E-state index is 11.8. The molecule has 0 bridgehead atoms. The van der Waals surface area contributed by atoms with Crippen molar-refractivity contribution < 1.29 is 19.4 Å². The molecule has 30 nitrogen and oxygen atoms in total. The van der Waals surface area contributed by atoms with Gasteiger partial charge in [0.1, 0.15) is 63.5 Å². The number of methoxy groups -OCH3 is 1. The highest BCUT2D eigenvalue weighted by Gasteiger charge is 2.32. The normalized spacial score (nSPS) is 14.0. The van der Waals surface area contributed by atoms with Crippen LogP contribution in [0.3, 0.4) is 0 Å². The first-order chi connectivity index (χ1) is 66.5. The minimum atomic E-state index is -0.398. The fourth-order valence-corrected chi connectivity index (χ4v) is 15.7. The van der Waals surface area contributed by atoms with E-state index in [1.807, 2.05) is 56.6 Å². The molecular weight excluding hydrogens is 1860 g/mol. The van der Waals surface area contributed by atoms with E-state index in [4.69, 9.17) is 34.3 Å². The van der Waals surface area contributed by atoms with Gasteiger partial charge in [-0.25, -0.2) is 0 Å². The summed E-state index contributed by atoms with van der Waals surface area (Å²) in [5.41, 5.74) is 4.99. The van der Waals surface area contributed by atoms with Crippen molar-refractivity contribution >= 4 is 97.4 Å². The van der Waals surface area contributed by atoms with Crippen LogP contribution in [0.5, 0.6) is 0 Å². The van der Waals surface area contributed by atoms with E-state index in [1.165, 1.54) is 39.2 Å². The number of ether oxygens (including phenoxy) is 2. The van der Waals surface area contributed by atoms with Crippen LogP contribution in [0.25, 0.3) is 0 Å². The Balaban J connectivity index is 0.00000161. The summed E-state index contributed by atoms with van der Waals surface area (Å²) in [5.74, 6) is 0.582. The van der Waals surface area contributed by atoms with Gasteiger partial charge in [-0.05, 0) is 235 Å². The van der Waals surface area contributed by atoms with Gasteiger partial charge in [-0.3, -0.25) is 52.7 Å². The second-order valence-corrected chi connectivity index (χ2v) is 50.5. The average Bonchev–Trinajstić information content (AvgIpc) is 0.771. The Bertz CT molecular complexity index is 4720. The molecule has 11 N–H and O–H groups in total. The quantitative estimate of drug-likeness (QED) is 0.00983. The highest BCUT2D eigenvalue weighted by atomic mass is 32.1. The molecule has 8 rings (SSSR count). The molecule has 5 aromatic carbocycles. The number of piperidine rings is 1. The number of hydrogen-bond acceptors (Lipinski definition) is 27. The highest BCUT2D eigenvalue weighted by Crippen LogP contribution is 2.32. The van der Waals surface area contributed by atoms with Crippen molar-refractivity contribution in [1.29, 1.82) is 0 Å². The second kappa shape index (κ2) is 66.5. The van der Waals surface area contributed by atoms with Crippen LogP contribution in [0.1, 0.15) is 343 Å². The Labute approximate surface area is 880 Å². The average molecular weight is 2070 g/mol. The van der Waals surface area contributed by atoms with E-state index in [1.54, 1.807) is 0 Å². The molecule has 0 aliphatic carbocycles. The minimum absolute atomic E-state index is 0.0311. The van der Waals surface area contributed by atoms with Crippen molar-refractivity contribution in [3.8, 4) is 0 Å². The number of anilines is 10. The van der Waals surface area contributed by atoms with Crippen LogP contribution in [0.2, 0.25) is 0 Å². The van der Waals surface area contributed by atoms with E-state index in [9.17, 15) is 52.7 Å². The molecule has 3 aliphatic heterocycles. The number of nitrogens with zero attached hydrogens (tertiary/aromatic N) is 6. The number of piperazine rings is 1. The smallest absolute Gasteiger partial charge is 0.253 e. The molecule has 144 heavy (non-hydrogen) atoms. The molecule has 3 saturated heterocycles. The van der Waals surface area contributed by atoms with Crippen molar-refractivity contribution in [2.45, 2.75) is 343 Å². The Kier molecular flexibility index (Phi) is 62.9. The fourth-order valence-electron chi connectivity index (χ4n) is 15.5. The van der Waals surface area contributed by atoms with E-state index in [0.29, 0.717) is 151 Å². The third kappa shape index (κ3) is 57.6. The van der Waals surface area contributed by atoms with Gasteiger partial charge in [0.25, 0.3) is 54.3 Å². The van der Waals surface area contributed by atoms with Crippen molar-refractivity contribution in [3.63, 3.8) is 0 Å². The van der Waals surface area contributed by atoms with Crippen molar-refractivity contribution in [3.05, 3.63) is 102 Å². The lowest BCUT2D eigenvalue weighted by molar-refractivity contribution is -0.124. The summed E-state index contributed by atoms with van der Waals surface area (Å²) in [4.78, 5) is 139. The summed E-state index contributed by atoms with van der Waals surface area (Å²) in [7, 11) is 9.34. The molecule has 0 radical (unpaired) electrons. The number of amides is 1. The van der Waals surface area contributed by atoms with E-state index in [-0.39, 0.29) is 55.9 Å². The standard InChI is InChI=1S/C16H27N3O2.C16H26N2O2.C15H24N2O3.C15H26N2O2.C13H22N2O2.C10H22N2S.C10H21NO2.C9H20N2S.C8H18O/c1-16(2,3)6-5-7-17-12-13(15(21)14(12)20)19-10-8-18(4)9-11-19;1-16(2,3)8-7-9-17-12-13(15(20)14(12)19)18-10-5-4-6-11-18;1-15(2,3)5-4-6-16-11-12(14(19)13(11)18)17-7-9-20-10-8-17;1-6-17(7-2)12-11(13(18)14(12)19)16-10-8-9-15(3,4)5;1-5-14-9-10(12(17)11(9)16)15-8-6-7-13(2,3)4;1-10(2,3)7-6-8-11-9(13)12(4)5;1-10(2,3)6-5-7-11-9(12)8-13-4;1-9(2,3)6-5-7-11-8(12)10-4;1-7(5-6-9)8(2,3)4/h17H,5-11H2,1-4H3;17H,4-11H2,1-3H3;16H,4-10H2,1-3H3;16H,6-10H2,1-5H3;14-15H,5-8H2,1-4H3;6-8H2,1-5H3,(H,11,13);5-8H2,1-4H3,(H,11,12);5-7H2,1-4H3,(H2,10,11,12);7,9H,5-6H2,1-4H3. The fraction of sp³-hybridized carbons (Fsp3) is 0.795. The lowest BCUT2D eigenvalue weighted by Crippen LogP contribution is -2.50. The minimum Gasteiger partial charge on any atom is -0.396 e. The molecule has 0 spiro atoms. The number of carbonyl (C=O) groups excluding carboxylic acids is 1. The molecule has 3 heterocycles. The largest absolute Gasteiger partial charge is 0.396 e. The molecule has 3 fully saturated rings. The lowest BCUT2D eigenvalue weighted by atomic mass is 9.80. The number of morpholine rings is 1. The van der Waals surface area contributed by atoms with E-state index >= 15 is 0 Å². The first-order valence-electron chi connectivity index (χ1n) is 53.6. The van der Waals surface area contributed by atoms with Crippen LogP contribution in [0.4, 0.5) is 56.9 Å². The van der Waals surface area contributed by atoms with Crippen molar-refractivity contribution in [2.75, 3.05) is 238 Å². The lowest BCUT2D eigenvalue weighted by Gasteiger charge is -2.35. The molecular formula is C112H206N16O14S2. The Morgan fingerprint density at radius 2 is 0.681 bits per heavy atom. The number of rotatable bonds is 41. The Morgan fingerprint density at radius 3 is 0.979 bits per heavy atom. The van der Waals surface area contributed by atoms with Gasteiger partial charge >= 0.3 is 0 Å². The predicted octanol–water partition coefficient (Wildman–Crippen LogP) is 17.2. The van der Waals surface area contributed by atoms with Crippen molar-refractivity contribution in [2.24, 2.45) is 54.7 Å². The van der Waals surface area contributed by atoms with Gasteiger partial charge in [0.15, 0.2) is 10.2 Å². The first-order valence-corrected chi connectivity index (χ1v) is 54.4. The van der Waals surface area contributed by atoms with Crippen LogP contribution >= 0.6 is 24.4 Å². The summed E-state index contributed by atoms with van der Waals surface area (Å²) in [5, 5.41) is 40.8. The van der Waals surface area contributed by atoms with Gasteiger partial charge in [0.05, 0.1) is 13.2 Å². The zero-order valence-electron chi connectivity index (χ0n) is 97.2. The van der Waals surface area contributed by atoms with E-state index in [0.717, 1.165) is 211 Å². The van der Waals surface area contributed by atoms with Gasteiger partial charge in [-0.1, -0.05) is 194 Å². The molecule has 1 amide bonds. The number of aliphatic hydroxyl groups excluding tert-OH is 1. The molecule has 0 aromatic heterocycles. The summed E-state index contributed by atoms with van der Waals surface area (Å²) in [6, 6.07) is 0. The van der Waals surface area contributed by atoms with Gasteiger partial charge in [-0.2, -0.15) is 0 Å². The van der Waals surface area contributed by atoms with Gasteiger partial charge in [0, 0.05) is 159 Å². The van der Waals surface area contributed by atoms with Crippen LogP contribution in [0.15, 0.2) is 47.9 Å². The van der Waals surface area contributed by atoms with Gasteiger partial charge in [-0.15, -0.1) is 0 Å². The number of carbonyl (C=O) groups is 1. The molecule has 5 aromatic rings. The number of nitrogens with one attached hydrogen (secondary N) is 10. The van der Waals surface area contributed by atoms with Crippen LogP contribution in [-0.2, 0) is 14.3 Å². The Hall–Kier alpha value is -7.91. The van der Waals surface area contributed by atoms with Crippen LogP contribution in [0, 0.1) is 54.7 Å². The monoisotopic (exact) mass is 2060 g/mol. The predicted molar refractivity (Wildman–Crippen MR) is 624 cm³/mol. The second-order valence-electron chi connectivity index (χ2n) is 49.7. The maximum Gasteiger partial charge on any atom is 0.253 e. The first kappa shape index (κ1) is 136. The highest BCUT2D eigenvalue weighted by molar-refractivity contribution is 7.80. The number of aliphatic hydroxyl groups is 1. The van der Waals surface area contributed by atoms with E-state index < -0.39 is 10.9 Å². The summed E-state index contributed by atoms with van der Waals surface area (Å²) in [6.07, 6.45) is 21.8. The molecule has 0 saturated carbocycles. The van der Waals surface area contributed by atoms with E-state index in [2.05, 4.69) is 274 Å².